The van der Waals surface area contributed by atoms with Crippen LogP contribution in [0.25, 0.3) is 17.0 Å². The van der Waals surface area contributed by atoms with Crippen LogP contribution in [0, 0.1) is 12.8 Å². The number of anilines is 2. The van der Waals surface area contributed by atoms with Crippen LogP contribution in [0.15, 0.2) is 67.1 Å². The minimum Gasteiger partial charge on any atom is -0.454 e. The van der Waals surface area contributed by atoms with Crippen LogP contribution in [0.4, 0.5) is 11.5 Å². The Morgan fingerprint density at radius 1 is 1.16 bits per heavy atom. The molecule has 9 heteroatoms. The van der Waals surface area contributed by atoms with E-state index in [0.29, 0.717) is 42.1 Å². The Hall–Kier alpha value is -4.01. The monoisotopic (exact) mass is 515 g/mol. The first kappa shape index (κ1) is 24.7. The van der Waals surface area contributed by atoms with E-state index in [0.717, 1.165) is 34.3 Å². The van der Waals surface area contributed by atoms with Crippen molar-refractivity contribution in [1.82, 2.24) is 20.3 Å². The van der Waals surface area contributed by atoms with E-state index in [1.165, 1.54) is 6.33 Å². The normalized spacial score (nSPS) is 15.2. The Morgan fingerprint density at radius 2 is 2.08 bits per heavy atom. The van der Waals surface area contributed by atoms with Crippen molar-refractivity contribution in [1.29, 1.82) is 0 Å². The molecule has 1 saturated heterocycles. The molecule has 37 heavy (non-hydrogen) atoms. The molecule has 1 aliphatic heterocycles. The average Bonchev–Trinajstić information content (AvgIpc) is 3.45. The molecule has 1 amide bonds. The second kappa shape index (κ2) is 11.4. The number of aromatic nitrogens is 3. The molecular weight excluding hydrogens is 490 g/mol. The summed E-state index contributed by atoms with van der Waals surface area (Å²) in [6.45, 7) is 3.52. The molecule has 1 aliphatic rings. The molecule has 2 aromatic carbocycles. The maximum atomic E-state index is 12.1. The number of carbonyl (C=O) groups is 1. The first-order valence-corrected chi connectivity index (χ1v) is 12.4. The van der Waals surface area contributed by atoms with Gasteiger partial charge in [0.05, 0.1) is 29.3 Å². The second-order valence-electron chi connectivity index (χ2n) is 8.71. The topological polar surface area (TPSA) is 98.3 Å². The van der Waals surface area contributed by atoms with Crippen LogP contribution in [0.1, 0.15) is 17.7 Å². The molecule has 0 bridgehead atoms. The van der Waals surface area contributed by atoms with Crippen LogP contribution in [0.2, 0.25) is 5.02 Å². The van der Waals surface area contributed by atoms with Gasteiger partial charge in [-0.1, -0.05) is 29.8 Å². The maximum Gasteiger partial charge on any atom is 0.225 e. The summed E-state index contributed by atoms with van der Waals surface area (Å²) in [7, 11) is 0. The highest BCUT2D eigenvalue weighted by atomic mass is 35.5. The molecule has 8 nitrogen and oxygen atoms in total. The van der Waals surface area contributed by atoms with Crippen molar-refractivity contribution in [3.05, 3.63) is 83.4 Å². The van der Waals surface area contributed by atoms with Gasteiger partial charge in [0.2, 0.25) is 5.91 Å². The third-order valence-corrected chi connectivity index (χ3v) is 6.27. The highest BCUT2D eigenvalue weighted by molar-refractivity contribution is 6.32. The molecule has 2 N–H and O–H groups in total. The predicted molar refractivity (Wildman–Crippen MR) is 144 cm³/mol. The number of pyridine rings is 1. The zero-order chi connectivity index (χ0) is 25.6. The quantitative estimate of drug-likeness (QED) is 0.311. The summed E-state index contributed by atoms with van der Waals surface area (Å²) < 4.78 is 11.1. The number of hydrogen-bond acceptors (Lipinski definition) is 7. The molecule has 3 heterocycles. The van der Waals surface area contributed by atoms with Crippen LogP contribution in [0.5, 0.6) is 11.5 Å². The average molecular weight is 516 g/mol. The Balaban J connectivity index is 1.27. The number of halogens is 1. The van der Waals surface area contributed by atoms with Gasteiger partial charge in [-0.2, -0.15) is 0 Å². The lowest BCUT2D eigenvalue weighted by Crippen LogP contribution is -2.30. The number of carbonyl (C=O) groups excluding carboxylic acids is 1. The maximum absolute atomic E-state index is 12.1. The Kier molecular flexibility index (Phi) is 7.58. The third-order valence-electron chi connectivity index (χ3n) is 5.97. The number of fused-ring (bicyclic) bond motifs is 1. The van der Waals surface area contributed by atoms with Crippen LogP contribution < -0.4 is 15.4 Å². The Bertz CT molecular complexity index is 1440. The lowest BCUT2D eigenvalue weighted by Gasteiger charge is -2.12. The van der Waals surface area contributed by atoms with Gasteiger partial charge in [0.15, 0.2) is 0 Å². The number of aryl methyl sites for hydroxylation is 1. The lowest BCUT2D eigenvalue weighted by atomic mass is 10.1. The summed E-state index contributed by atoms with van der Waals surface area (Å²) in [6.07, 6.45) is 7.85. The highest BCUT2D eigenvalue weighted by Crippen LogP contribution is 2.33. The fourth-order valence-electron chi connectivity index (χ4n) is 3.96. The van der Waals surface area contributed by atoms with Gasteiger partial charge in [-0.3, -0.25) is 9.78 Å². The number of nitrogens with zero attached hydrogens (tertiary/aromatic N) is 3. The van der Waals surface area contributed by atoms with Crippen molar-refractivity contribution in [3.63, 3.8) is 0 Å². The largest absolute Gasteiger partial charge is 0.454 e. The zero-order valence-electron chi connectivity index (χ0n) is 20.3. The van der Waals surface area contributed by atoms with Gasteiger partial charge in [0, 0.05) is 29.9 Å². The molecule has 2 aromatic heterocycles. The zero-order valence-corrected chi connectivity index (χ0v) is 21.0. The molecule has 0 spiro atoms. The van der Waals surface area contributed by atoms with E-state index >= 15 is 0 Å². The van der Waals surface area contributed by atoms with Gasteiger partial charge < -0.3 is 20.1 Å². The molecule has 1 fully saturated rings. The van der Waals surface area contributed by atoms with Gasteiger partial charge in [-0.25, -0.2) is 9.97 Å². The highest BCUT2D eigenvalue weighted by Gasteiger charge is 2.22. The molecular formula is C28H26ClN5O3. The van der Waals surface area contributed by atoms with Gasteiger partial charge in [-0.15, -0.1) is 0 Å². The minimum absolute atomic E-state index is 0.0335. The summed E-state index contributed by atoms with van der Waals surface area (Å²) in [4.78, 5) is 25.2. The van der Waals surface area contributed by atoms with E-state index in [-0.39, 0.29) is 11.8 Å². The lowest BCUT2D eigenvalue weighted by molar-refractivity contribution is -0.124. The van der Waals surface area contributed by atoms with Crippen molar-refractivity contribution in [3.8, 4) is 11.5 Å². The van der Waals surface area contributed by atoms with Gasteiger partial charge in [0.1, 0.15) is 23.6 Å². The van der Waals surface area contributed by atoms with E-state index in [9.17, 15) is 4.79 Å². The fourth-order valence-corrected chi connectivity index (χ4v) is 4.18. The Labute approximate surface area is 219 Å². The number of ether oxygens (including phenoxy) is 2. The minimum atomic E-state index is -0.0476. The molecule has 1 unspecified atom stereocenters. The second-order valence-corrected chi connectivity index (χ2v) is 9.12. The summed E-state index contributed by atoms with van der Waals surface area (Å²) in [5.41, 5.74) is 3.45. The van der Waals surface area contributed by atoms with Crippen LogP contribution in [0.3, 0.4) is 0 Å². The number of amides is 1. The third kappa shape index (κ3) is 6.22. The molecule has 5 rings (SSSR count). The standard InChI is InChI=1S/C28H26ClN5O3/c1-18-4-7-22(15-31-18)37-26-9-6-21(14-24(26)29)34-27-23-13-19(5-8-25(23)32-17-33-27)3-2-11-30-28(35)20-10-12-36-16-20/h2-9,13-15,17,20H,10-12,16H2,1H3,(H,30,35)(H,32,33,34). The van der Waals surface area contributed by atoms with Crippen LogP contribution in [-0.2, 0) is 9.53 Å². The number of rotatable bonds is 8. The smallest absolute Gasteiger partial charge is 0.225 e. The van der Waals surface area contributed by atoms with Crippen molar-refractivity contribution >= 4 is 46.0 Å². The molecule has 4 aromatic rings. The van der Waals surface area contributed by atoms with E-state index in [2.05, 4.69) is 25.6 Å². The molecule has 0 saturated carbocycles. The fraction of sp³-hybridized carbons (Fsp3) is 0.214. The number of nitrogens with one attached hydrogen (secondary N) is 2. The molecule has 0 aliphatic carbocycles. The van der Waals surface area contributed by atoms with E-state index in [1.807, 2.05) is 55.5 Å². The Morgan fingerprint density at radius 3 is 2.86 bits per heavy atom. The summed E-state index contributed by atoms with van der Waals surface area (Å²) in [5.74, 6) is 1.79. The number of benzene rings is 2. The van der Waals surface area contributed by atoms with Crippen molar-refractivity contribution in [2.45, 2.75) is 13.3 Å². The van der Waals surface area contributed by atoms with Crippen LogP contribution in [-0.4, -0.2) is 40.6 Å². The van der Waals surface area contributed by atoms with Crippen molar-refractivity contribution in [2.75, 3.05) is 25.1 Å². The first-order chi connectivity index (χ1) is 18.0. The summed E-state index contributed by atoms with van der Waals surface area (Å²) >= 11 is 6.49. The van der Waals surface area contributed by atoms with Gasteiger partial charge in [-0.05, 0) is 61.4 Å². The number of hydrogen-bond donors (Lipinski definition) is 2. The molecule has 1 atom stereocenters. The molecule has 0 radical (unpaired) electrons. The summed E-state index contributed by atoms with van der Waals surface area (Å²) in [5, 5.41) is 7.58. The summed E-state index contributed by atoms with van der Waals surface area (Å²) in [6, 6.07) is 15.1. The van der Waals surface area contributed by atoms with Gasteiger partial charge >= 0.3 is 0 Å². The predicted octanol–water partition coefficient (Wildman–Crippen LogP) is 5.69. The van der Waals surface area contributed by atoms with E-state index < -0.39 is 0 Å². The first-order valence-electron chi connectivity index (χ1n) is 12.0. The van der Waals surface area contributed by atoms with E-state index in [1.54, 1.807) is 18.3 Å². The van der Waals surface area contributed by atoms with Crippen molar-refractivity contribution in [2.24, 2.45) is 5.92 Å². The van der Waals surface area contributed by atoms with Crippen molar-refractivity contribution < 1.29 is 14.3 Å². The molecule has 188 valence electrons. The SMILES string of the molecule is Cc1ccc(Oc2ccc(Nc3ncnc4ccc(C=CCNC(=O)C5CCOC5)cc34)cc2Cl)cn1. The van der Waals surface area contributed by atoms with Gasteiger partial charge in [0.25, 0.3) is 0 Å². The van der Waals surface area contributed by atoms with Crippen LogP contribution >= 0.6 is 11.6 Å². The van der Waals surface area contributed by atoms with E-state index in [4.69, 9.17) is 21.1 Å².